The second-order valence-corrected chi connectivity index (χ2v) is 6.14. The first kappa shape index (κ1) is 16.2. The van der Waals surface area contributed by atoms with Gasteiger partial charge in [0.25, 0.3) is 5.91 Å². The number of methoxy groups -OCH3 is 1. The Balaban J connectivity index is 1.52. The second kappa shape index (κ2) is 6.55. The highest BCUT2D eigenvalue weighted by atomic mass is 16.5. The fourth-order valence-electron chi connectivity index (χ4n) is 3.15. The van der Waals surface area contributed by atoms with Crippen molar-refractivity contribution in [1.29, 1.82) is 0 Å². The Morgan fingerprint density at radius 1 is 1.19 bits per heavy atom. The van der Waals surface area contributed by atoms with E-state index in [1.54, 1.807) is 36.3 Å². The lowest BCUT2D eigenvalue weighted by molar-refractivity contribution is -0.117. The Kier molecular flexibility index (Phi) is 4.08. The molecule has 4 rings (SSSR count). The summed E-state index contributed by atoms with van der Waals surface area (Å²) < 4.78 is 10.9. The molecule has 2 heterocycles. The van der Waals surface area contributed by atoms with Crippen LogP contribution in [0, 0.1) is 0 Å². The van der Waals surface area contributed by atoms with Crippen LogP contribution in [0.1, 0.15) is 23.4 Å². The number of para-hydroxylation sites is 1. The monoisotopic (exact) mass is 350 g/mol. The first-order valence-corrected chi connectivity index (χ1v) is 8.44. The molecule has 26 heavy (non-hydrogen) atoms. The number of hydrogen-bond donors (Lipinski definition) is 1. The summed E-state index contributed by atoms with van der Waals surface area (Å²) in [5.74, 6) is 0.593. The Hall–Kier alpha value is -3.28. The zero-order valence-corrected chi connectivity index (χ0v) is 14.3. The quantitative estimate of drug-likeness (QED) is 0.776. The third-order valence-electron chi connectivity index (χ3n) is 4.46. The molecular weight excluding hydrogens is 332 g/mol. The molecule has 0 saturated carbocycles. The van der Waals surface area contributed by atoms with Gasteiger partial charge in [-0.25, -0.2) is 0 Å². The number of hydrogen-bond acceptors (Lipinski definition) is 4. The van der Waals surface area contributed by atoms with E-state index in [0.29, 0.717) is 23.4 Å². The van der Waals surface area contributed by atoms with E-state index in [1.165, 1.54) is 0 Å². The Labute approximate surface area is 150 Å². The normalized spacial score (nSPS) is 14.0. The lowest BCUT2D eigenvalue weighted by atomic mass is 10.2. The van der Waals surface area contributed by atoms with Crippen LogP contribution in [0.15, 0.2) is 52.9 Å². The van der Waals surface area contributed by atoms with Gasteiger partial charge in [-0.05, 0) is 42.8 Å². The van der Waals surface area contributed by atoms with Gasteiger partial charge in [-0.2, -0.15) is 0 Å². The Morgan fingerprint density at radius 3 is 2.69 bits per heavy atom. The van der Waals surface area contributed by atoms with Crippen LogP contribution < -0.4 is 15.0 Å². The molecule has 1 saturated heterocycles. The summed E-state index contributed by atoms with van der Waals surface area (Å²) in [4.78, 5) is 26.0. The number of carbonyl (C=O) groups is 2. The van der Waals surface area contributed by atoms with Crippen LogP contribution >= 0.6 is 0 Å². The number of benzene rings is 2. The maximum atomic E-state index is 12.5. The molecule has 2 aromatic carbocycles. The Morgan fingerprint density at radius 2 is 2.00 bits per heavy atom. The van der Waals surface area contributed by atoms with Gasteiger partial charge in [0, 0.05) is 29.7 Å². The third kappa shape index (κ3) is 2.90. The fraction of sp³-hybridized carbons (Fsp3) is 0.200. The molecular formula is C20H18N2O4. The van der Waals surface area contributed by atoms with Crippen molar-refractivity contribution in [3.05, 3.63) is 54.3 Å². The summed E-state index contributed by atoms with van der Waals surface area (Å²) in [6.07, 6.45) is 1.47. The minimum absolute atomic E-state index is 0.137. The van der Waals surface area contributed by atoms with Crippen molar-refractivity contribution in [3.63, 3.8) is 0 Å². The molecule has 1 aliphatic rings. The summed E-state index contributed by atoms with van der Waals surface area (Å²) in [6, 6.07) is 14.4. The topological polar surface area (TPSA) is 71.8 Å². The molecule has 3 aromatic rings. The van der Waals surface area contributed by atoms with Gasteiger partial charge in [0.15, 0.2) is 17.1 Å². The number of carbonyl (C=O) groups excluding carboxylic acids is 2. The molecule has 1 N–H and O–H groups in total. The zero-order valence-electron chi connectivity index (χ0n) is 14.3. The largest absolute Gasteiger partial charge is 0.493 e. The van der Waals surface area contributed by atoms with Gasteiger partial charge in [-0.15, -0.1) is 0 Å². The summed E-state index contributed by atoms with van der Waals surface area (Å²) in [6.45, 7) is 0.741. The van der Waals surface area contributed by atoms with Gasteiger partial charge in [-0.3, -0.25) is 9.59 Å². The van der Waals surface area contributed by atoms with E-state index in [0.717, 1.165) is 24.0 Å². The van der Waals surface area contributed by atoms with E-state index in [-0.39, 0.29) is 17.6 Å². The summed E-state index contributed by atoms with van der Waals surface area (Å²) >= 11 is 0. The van der Waals surface area contributed by atoms with Crippen molar-refractivity contribution in [1.82, 2.24) is 0 Å². The number of anilines is 2. The van der Waals surface area contributed by atoms with Crippen LogP contribution in [-0.2, 0) is 4.79 Å². The SMILES string of the molecule is COc1cccc2cc(C(=O)Nc3ccc(N4CCCC4=O)cc3)oc12. The third-order valence-corrected chi connectivity index (χ3v) is 4.46. The summed E-state index contributed by atoms with van der Waals surface area (Å²) in [5, 5.41) is 3.61. The smallest absolute Gasteiger partial charge is 0.291 e. The first-order chi connectivity index (χ1) is 12.7. The predicted octanol–water partition coefficient (Wildman–Crippen LogP) is 3.82. The van der Waals surface area contributed by atoms with Crippen molar-refractivity contribution in [2.45, 2.75) is 12.8 Å². The molecule has 0 spiro atoms. The van der Waals surface area contributed by atoms with E-state index in [4.69, 9.17) is 9.15 Å². The van der Waals surface area contributed by atoms with Crippen molar-refractivity contribution in [2.75, 3.05) is 23.9 Å². The molecule has 1 aliphatic heterocycles. The minimum Gasteiger partial charge on any atom is -0.493 e. The molecule has 0 atom stereocenters. The number of rotatable bonds is 4. The molecule has 6 nitrogen and oxygen atoms in total. The Bertz CT molecular complexity index is 975. The fourth-order valence-corrected chi connectivity index (χ4v) is 3.15. The molecule has 0 aliphatic carbocycles. The lowest BCUT2D eigenvalue weighted by Gasteiger charge is -2.15. The van der Waals surface area contributed by atoms with Crippen molar-refractivity contribution in [2.24, 2.45) is 0 Å². The maximum absolute atomic E-state index is 12.5. The average Bonchev–Trinajstić information content (AvgIpc) is 3.28. The molecule has 1 aromatic heterocycles. The lowest BCUT2D eigenvalue weighted by Crippen LogP contribution is -2.23. The number of fused-ring (bicyclic) bond motifs is 1. The predicted molar refractivity (Wildman–Crippen MR) is 98.7 cm³/mol. The molecule has 1 fully saturated rings. The van der Waals surface area contributed by atoms with Crippen LogP contribution in [-0.4, -0.2) is 25.5 Å². The molecule has 0 unspecified atom stereocenters. The summed E-state index contributed by atoms with van der Waals surface area (Å²) in [5.41, 5.74) is 2.03. The number of furan rings is 1. The minimum atomic E-state index is -0.340. The maximum Gasteiger partial charge on any atom is 0.291 e. The van der Waals surface area contributed by atoms with Gasteiger partial charge < -0.3 is 19.4 Å². The number of nitrogens with one attached hydrogen (secondary N) is 1. The van der Waals surface area contributed by atoms with E-state index in [9.17, 15) is 9.59 Å². The van der Waals surface area contributed by atoms with E-state index in [1.807, 2.05) is 24.3 Å². The molecule has 2 amide bonds. The van der Waals surface area contributed by atoms with Gasteiger partial charge in [0.05, 0.1) is 7.11 Å². The molecule has 0 bridgehead atoms. The highest BCUT2D eigenvalue weighted by Gasteiger charge is 2.21. The van der Waals surface area contributed by atoms with Crippen LogP contribution in [0.2, 0.25) is 0 Å². The number of ether oxygens (including phenoxy) is 1. The van der Waals surface area contributed by atoms with Crippen molar-refractivity contribution < 1.29 is 18.7 Å². The zero-order chi connectivity index (χ0) is 18.1. The van der Waals surface area contributed by atoms with Crippen LogP contribution in [0.25, 0.3) is 11.0 Å². The standard InChI is InChI=1S/C20H18N2O4/c1-25-16-5-2-4-13-12-17(26-19(13)16)20(24)21-14-7-9-15(10-8-14)22-11-3-6-18(22)23/h2,4-5,7-10,12H,3,6,11H2,1H3,(H,21,24). The van der Waals surface area contributed by atoms with Crippen LogP contribution in [0.5, 0.6) is 5.75 Å². The summed E-state index contributed by atoms with van der Waals surface area (Å²) in [7, 11) is 1.56. The van der Waals surface area contributed by atoms with Gasteiger partial charge >= 0.3 is 0 Å². The van der Waals surface area contributed by atoms with E-state index >= 15 is 0 Å². The van der Waals surface area contributed by atoms with E-state index < -0.39 is 0 Å². The number of nitrogens with zero attached hydrogens (tertiary/aromatic N) is 1. The van der Waals surface area contributed by atoms with Gasteiger partial charge in [0.1, 0.15) is 0 Å². The first-order valence-electron chi connectivity index (χ1n) is 8.44. The highest BCUT2D eigenvalue weighted by molar-refractivity contribution is 6.05. The number of amides is 2. The van der Waals surface area contributed by atoms with Gasteiger partial charge in [-0.1, -0.05) is 12.1 Å². The average molecular weight is 350 g/mol. The van der Waals surface area contributed by atoms with E-state index in [2.05, 4.69) is 5.32 Å². The molecule has 6 heteroatoms. The molecule has 0 radical (unpaired) electrons. The van der Waals surface area contributed by atoms with Crippen molar-refractivity contribution in [3.8, 4) is 5.75 Å². The van der Waals surface area contributed by atoms with Crippen LogP contribution in [0.3, 0.4) is 0 Å². The van der Waals surface area contributed by atoms with Gasteiger partial charge in [0.2, 0.25) is 5.91 Å². The molecule has 132 valence electrons. The second-order valence-electron chi connectivity index (χ2n) is 6.14. The van der Waals surface area contributed by atoms with Crippen LogP contribution in [0.4, 0.5) is 11.4 Å². The highest BCUT2D eigenvalue weighted by Crippen LogP contribution is 2.29. The van der Waals surface area contributed by atoms with Crippen molar-refractivity contribution >= 4 is 34.2 Å².